The molecule has 1 atom stereocenters. The van der Waals surface area contributed by atoms with Gasteiger partial charge in [0.05, 0.1) is 30.4 Å². The smallest absolute Gasteiger partial charge is 0.325 e. The summed E-state index contributed by atoms with van der Waals surface area (Å²) in [4.78, 5) is 20.4. The van der Waals surface area contributed by atoms with Crippen LogP contribution >= 0.6 is 0 Å². The molecular formula is C17H22N6O3. The van der Waals surface area contributed by atoms with Crippen LogP contribution in [0, 0.1) is 6.92 Å². The normalized spacial score (nSPS) is 16.7. The molecule has 0 unspecified atom stereocenters. The summed E-state index contributed by atoms with van der Waals surface area (Å²) < 4.78 is 11.4. The summed E-state index contributed by atoms with van der Waals surface area (Å²) in [5.41, 5.74) is 7.57. The number of nitrogens with one attached hydrogen (secondary N) is 3. The monoisotopic (exact) mass is 358 g/mol. The SMILES string of the molecule is Cc1cnc(NC(=O)Nc2cc(N)ccc2OC[C@@H]2CNCCO2)cn1. The average molecular weight is 358 g/mol. The minimum Gasteiger partial charge on any atom is -0.489 e. The predicted octanol–water partition coefficient (Wildman–Crippen LogP) is 1.38. The van der Waals surface area contributed by atoms with Crippen LogP contribution < -0.4 is 26.4 Å². The van der Waals surface area contributed by atoms with Gasteiger partial charge in [0, 0.05) is 18.8 Å². The Hall–Kier alpha value is -2.91. The van der Waals surface area contributed by atoms with Crippen molar-refractivity contribution in [2.75, 3.05) is 42.7 Å². The fraction of sp³-hybridized carbons (Fsp3) is 0.353. The molecule has 1 aromatic heterocycles. The number of amides is 2. The van der Waals surface area contributed by atoms with Crippen LogP contribution in [0.1, 0.15) is 5.69 Å². The number of urea groups is 1. The summed E-state index contributed by atoms with van der Waals surface area (Å²) in [7, 11) is 0. The van der Waals surface area contributed by atoms with E-state index in [1.165, 1.54) is 6.20 Å². The first kappa shape index (κ1) is 17.9. The van der Waals surface area contributed by atoms with Crippen LogP contribution in [0.4, 0.5) is 22.0 Å². The number of morpholine rings is 1. The largest absolute Gasteiger partial charge is 0.489 e. The second kappa shape index (κ2) is 8.45. The highest BCUT2D eigenvalue weighted by Crippen LogP contribution is 2.27. The Balaban J connectivity index is 1.62. The highest BCUT2D eigenvalue weighted by molar-refractivity contribution is 6.00. The molecule has 9 heteroatoms. The van der Waals surface area contributed by atoms with Gasteiger partial charge in [0.25, 0.3) is 0 Å². The van der Waals surface area contributed by atoms with Crippen LogP contribution in [0.5, 0.6) is 5.75 Å². The lowest BCUT2D eigenvalue weighted by Crippen LogP contribution is -2.41. The van der Waals surface area contributed by atoms with Gasteiger partial charge >= 0.3 is 6.03 Å². The van der Waals surface area contributed by atoms with E-state index in [0.717, 1.165) is 18.8 Å². The Morgan fingerprint density at radius 1 is 1.38 bits per heavy atom. The van der Waals surface area contributed by atoms with Crippen LogP contribution in [-0.4, -0.2) is 48.4 Å². The number of aryl methyl sites for hydroxylation is 1. The summed E-state index contributed by atoms with van der Waals surface area (Å²) in [6, 6.07) is 4.60. The van der Waals surface area contributed by atoms with Gasteiger partial charge in [-0.3, -0.25) is 10.3 Å². The average Bonchev–Trinajstić information content (AvgIpc) is 2.64. The molecular weight excluding hydrogens is 336 g/mol. The molecule has 9 nitrogen and oxygen atoms in total. The van der Waals surface area contributed by atoms with Gasteiger partial charge in [-0.25, -0.2) is 9.78 Å². The number of rotatable bonds is 5. The summed E-state index contributed by atoms with van der Waals surface area (Å²) >= 11 is 0. The van der Waals surface area contributed by atoms with Crippen molar-refractivity contribution >= 4 is 23.2 Å². The minimum absolute atomic E-state index is 0.0363. The first-order chi connectivity index (χ1) is 12.6. The number of nitrogen functional groups attached to an aromatic ring is 1. The van der Waals surface area contributed by atoms with Crippen molar-refractivity contribution in [1.29, 1.82) is 0 Å². The third kappa shape index (κ3) is 5.04. The molecule has 2 amide bonds. The molecule has 26 heavy (non-hydrogen) atoms. The van der Waals surface area contributed by atoms with E-state index in [1.807, 2.05) is 6.92 Å². The van der Waals surface area contributed by atoms with Gasteiger partial charge in [-0.1, -0.05) is 0 Å². The Bertz CT molecular complexity index is 747. The lowest BCUT2D eigenvalue weighted by atomic mass is 10.2. The Kier molecular flexibility index (Phi) is 5.82. The third-order valence-corrected chi connectivity index (χ3v) is 3.70. The zero-order valence-corrected chi connectivity index (χ0v) is 14.5. The Morgan fingerprint density at radius 3 is 3.00 bits per heavy atom. The summed E-state index contributed by atoms with van der Waals surface area (Å²) in [6.07, 6.45) is 3.02. The van der Waals surface area contributed by atoms with E-state index in [2.05, 4.69) is 25.9 Å². The maximum Gasteiger partial charge on any atom is 0.325 e. The highest BCUT2D eigenvalue weighted by atomic mass is 16.5. The van der Waals surface area contributed by atoms with E-state index in [0.29, 0.717) is 36.2 Å². The predicted molar refractivity (Wildman–Crippen MR) is 98.4 cm³/mol. The van der Waals surface area contributed by atoms with Gasteiger partial charge in [-0.05, 0) is 25.1 Å². The van der Waals surface area contributed by atoms with Crippen LogP contribution in [0.25, 0.3) is 0 Å². The van der Waals surface area contributed by atoms with Gasteiger partial charge in [-0.15, -0.1) is 0 Å². The first-order valence-corrected chi connectivity index (χ1v) is 8.31. The van der Waals surface area contributed by atoms with E-state index in [1.54, 1.807) is 24.4 Å². The van der Waals surface area contributed by atoms with Crippen LogP contribution in [-0.2, 0) is 4.74 Å². The van der Waals surface area contributed by atoms with Crippen molar-refractivity contribution in [2.24, 2.45) is 0 Å². The Labute approximate surface area is 151 Å². The molecule has 2 heterocycles. The van der Waals surface area contributed by atoms with Gasteiger partial charge in [0.1, 0.15) is 18.5 Å². The van der Waals surface area contributed by atoms with Gasteiger partial charge < -0.3 is 25.8 Å². The quantitative estimate of drug-likeness (QED) is 0.595. The second-order valence-electron chi connectivity index (χ2n) is 5.89. The number of aromatic nitrogens is 2. The minimum atomic E-state index is -0.464. The number of anilines is 3. The van der Waals surface area contributed by atoms with Crippen LogP contribution in [0.15, 0.2) is 30.6 Å². The first-order valence-electron chi connectivity index (χ1n) is 8.31. The second-order valence-corrected chi connectivity index (χ2v) is 5.89. The fourth-order valence-electron chi connectivity index (χ4n) is 2.41. The zero-order valence-electron chi connectivity index (χ0n) is 14.5. The summed E-state index contributed by atoms with van der Waals surface area (Å²) in [5, 5.41) is 8.58. The maximum atomic E-state index is 12.2. The molecule has 1 fully saturated rings. The molecule has 0 radical (unpaired) electrons. The van der Waals surface area contributed by atoms with Gasteiger partial charge in [-0.2, -0.15) is 0 Å². The molecule has 138 valence electrons. The zero-order chi connectivity index (χ0) is 18.4. The van der Waals surface area contributed by atoms with Crippen LogP contribution in [0.2, 0.25) is 0 Å². The van der Waals surface area contributed by atoms with Crippen molar-refractivity contribution in [3.63, 3.8) is 0 Å². The number of hydrogen-bond donors (Lipinski definition) is 4. The Morgan fingerprint density at radius 2 is 2.27 bits per heavy atom. The lowest BCUT2D eigenvalue weighted by Gasteiger charge is -2.24. The van der Waals surface area contributed by atoms with E-state index in [-0.39, 0.29) is 6.10 Å². The summed E-state index contributed by atoms with van der Waals surface area (Å²) in [5.74, 6) is 0.861. The van der Waals surface area contributed by atoms with Crippen LogP contribution in [0.3, 0.4) is 0 Å². The third-order valence-electron chi connectivity index (χ3n) is 3.70. The van der Waals surface area contributed by atoms with E-state index in [9.17, 15) is 4.79 Å². The molecule has 1 aliphatic heterocycles. The highest BCUT2D eigenvalue weighted by Gasteiger charge is 2.16. The van der Waals surface area contributed by atoms with E-state index >= 15 is 0 Å². The molecule has 0 saturated carbocycles. The van der Waals surface area contributed by atoms with Crippen molar-refractivity contribution in [3.05, 3.63) is 36.3 Å². The molecule has 1 aliphatic rings. The molecule has 0 spiro atoms. The number of carbonyl (C=O) groups is 1. The van der Waals surface area contributed by atoms with E-state index in [4.69, 9.17) is 15.2 Å². The molecule has 5 N–H and O–H groups in total. The molecule has 2 aromatic rings. The fourth-order valence-corrected chi connectivity index (χ4v) is 2.41. The standard InChI is InChI=1S/C17H22N6O3/c1-11-7-21-16(9-20-11)23-17(24)22-14-6-12(18)2-3-15(14)26-10-13-8-19-4-5-25-13/h2-3,6-7,9,13,19H,4-5,8,10,18H2,1H3,(H2,21,22,23,24)/t13-/m0/s1. The number of nitrogens with zero attached hydrogens (tertiary/aromatic N) is 2. The topological polar surface area (TPSA) is 123 Å². The summed E-state index contributed by atoms with van der Waals surface area (Å²) in [6.45, 7) is 4.41. The number of nitrogens with two attached hydrogens (primary N) is 1. The number of ether oxygens (including phenoxy) is 2. The number of hydrogen-bond acceptors (Lipinski definition) is 7. The molecule has 1 saturated heterocycles. The molecule has 0 aliphatic carbocycles. The molecule has 3 rings (SSSR count). The van der Waals surface area contributed by atoms with Crippen molar-refractivity contribution in [2.45, 2.75) is 13.0 Å². The van der Waals surface area contributed by atoms with Crippen molar-refractivity contribution in [1.82, 2.24) is 15.3 Å². The number of benzene rings is 1. The lowest BCUT2D eigenvalue weighted by molar-refractivity contribution is 0.000354. The molecule has 1 aromatic carbocycles. The van der Waals surface area contributed by atoms with Gasteiger partial charge in [0.2, 0.25) is 0 Å². The number of carbonyl (C=O) groups excluding carboxylic acids is 1. The van der Waals surface area contributed by atoms with Crippen molar-refractivity contribution in [3.8, 4) is 5.75 Å². The van der Waals surface area contributed by atoms with Crippen molar-refractivity contribution < 1.29 is 14.3 Å². The van der Waals surface area contributed by atoms with E-state index < -0.39 is 6.03 Å². The van der Waals surface area contributed by atoms with Gasteiger partial charge in [0.15, 0.2) is 5.82 Å². The molecule has 0 bridgehead atoms. The maximum absolute atomic E-state index is 12.2.